The van der Waals surface area contributed by atoms with E-state index in [0.717, 1.165) is 19.3 Å². The van der Waals surface area contributed by atoms with E-state index >= 15 is 0 Å². The van der Waals surface area contributed by atoms with Crippen molar-refractivity contribution in [2.45, 2.75) is 45.2 Å². The van der Waals surface area contributed by atoms with Crippen LogP contribution in [0.5, 0.6) is 0 Å². The van der Waals surface area contributed by atoms with E-state index in [-0.39, 0.29) is 12.1 Å². The van der Waals surface area contributed by atoms with Crippen LogP contribution in [0.4, 0.5) is 0 Å². The van der Waals surface area contributed by atoms with Crippen LogP contribution < -0.4 is 5.32 Å². The standard InChI is InChI=1S/C13H29N3O3S/c1-5-15(12(2)11-19-4)20(17,18)16-9-7-6-8-13(16)10-14-3/h12-14H,5-11H2,1-4H3. The van der Waals surface area contributed by atoms with Gasteiger partial charge >= 0.3 is 0 Å². The van der Waals surface area contributed by atoms with E-state index in [9.17, 15) is 8.42 Å². The highest BCUT2D eigenvalue weighted by atomic mass is 32.2. The molecule has 0 bridgehead atoms. The van der Waals surface area contributed by atoms with Gasteiger partial charge in [0.1, 0.15) is 0 Å². The first kappa shape index (κ1) is 17.8. The van der Waals surface area contributed by atoms with Gasteiger partial charge in [-0.25, -0.2) is 0 Å². The number of rotatable bonds is 8. The molecule has 2 unspecified atom stereocenters. The summed E-state index contributed by atoms with van der Waals surface area (Å²) in [6, 6.07) is -0.0882. The van der Waals surface area contributed by atoms with Gasteiger partial charge in [-0.15, -0.1) is 0 Å². The lowest BCUT2D eigenvalue weighted by molar-refractivity contribution is 0.134. The van der Waals surface area contributed by atoms with Crippen molar-refractivity contribution in [3.05, 3.63) is 0 Å². The van der Waals surface area contributed by atoms with Gasteiger partial charge in [0.15, 0.2) is 0 Å². The lowest BCUT2D eigenvalue weighted by Gasteiger charge is -2.39. The third-order valence-electron chi connectivity index (χ3n) is 3.82. The number of piperidine rings is 1. The number of likely N-dealkylation sites (N-methyl/N-ethyl adjacent to an activating group) is 2. The molecule has 0 aromatic heterocycles. The second kappa shape index (κ2) is 8.29. The molecule has 0 spiro atoms. The Hall–Kier alpha value is -0.210. The molecule has 1 rings (SSSR count). The Labute approximate surface area is 123 Å². The van der Waals surface area contributed by atoms with Crippen molar-refractivity contribution in [1.82, 2.24) is 13.9 Å². The first-order valence-corrected chi connectivity index (χ1v) is 8.80. The third-order valence-corrected chi connectivity index (χ3v) is 6.10. The van der Waals surface area contributed by atoms with Gasteiger partial charge in [0, 0.05) is 38.8 Å². The molecular formula is C13H29N3O3S. The second-order valence-electron chi connectivity index (χ2n) is 5.33. The van der Waals surface area contributed by atoms with Gasteiger partial charge in [-0.3, -0.25) is 0 Å². The van der Waals surface area contributed by atoms with Gasteiger partial charge in [-0.05, 0) is 26.8 Å². The summed E-state index contributed by atoms with van der Waals surface area (Å²) in [4.78, 5) is 0. The van der Waals surface area contributed by atoms with Crippen molar-refractivity contribution in [1.29, 1.82) is 0 Å². The largest absolute Gasteiger partial charge is 0.383 e. The Morgan fingerprint density at radius 2 is 2.15 bits per heavy atom. The van der Waals surface area contributed by atoms with Gasteiger partial charge in [-0.2, -0.15) is 17.0 Å². The molecule has 0 saturated carbocycles. The minimum absolute atomic E-state index is 0.0579. The van der Waals surface area contributed by atoms with Crippen LogP contribution >= 0.6 is 0 Å². The quantitative estimate of drug-likeness (QED) is 0.716. The summed E-state index contributed by atoms with van der Waals surface area (Å²) in [6.07, 6.45) is 2.96. The number of ether oxygens (including phenoxy) is 1. The maximum atomic E-state index is 12.9. The van der Waals surface area contributed by atoms with Crippen molar-refractivity contribution < 1.29 is 13.2 Å². The predicted octanol–water partition coefficient (Wildman–Crippen LogP) is 0.662. The molecule has 1 N–H and O–H groups in total. The molecule has 6 nitrogen and oxygen atoms in total. The lowest BCUT2D eigenvalue weighted by Crippen LogP contribution is -2.55. The zero-order valence-corrected chi connectivity index (χ0v) is 13.9. The molecule has 0 aromatic carbocycles. The van der Waals surface area contributed by atoms with Crippen LogP contribution in [0, 0.1) is 0 Å². The second-order valence-corrected chi connectivity index (χ2v) is 7.17. The third kappa shape index (κ3) is 4.14. The normalized spacial score (nSPS) is 23.1. The molecule has 1 heterocycles. The van der Waals surface area contributed by atoms with Gasteiger partial charge in [0.05, 0.1) is 6.61 Å². The molecule has 20 heavy (non-hydrogen) atoms. The summed E-state index contributed by atoms with van der Waals surface area (Å²) in [5, 5.41) is 3.10. The molecule has 1 aliphatic heterocycles. The number of nitrogens with one attached hydrogen (secondary N) is 1. The van der Waals surface area contributed by atoms with Crippen LogP contribution in [0.25, 0.3) is 0 Å². The lowest BCUT2D eigenvalue weighted by atomic mass is 10.1. The summed E-state index contributed by atoms with van der Waals surface area (Å²) in [6.45, 7) is 5.97. The molecule has 0 radical (unpaired) electrons. The van der Waals surface area contributed by atoms with Crippen molar-refractivity contribution >= 4 is 10.2 Å². The summed E-state index contributed by atoms with van der Waals surface area (Å²) >= 11 is 0. The number of nitrogens with zero attached hydrogens (tertiary/aromatic N) is 2. The molecule has 0 aromatic rings. The number of hydrogen-bond acceptors (Lipinski definition) is 4. The molecule has 1 aliphatic rings. The summed E-state index contributed by atoms with van der Waals surface area (Å²) in [7, 11) is 0.0442. The maximum Gasteiger partial charge on any atom is 0.282 e. The molecule has 2 atom stereocenters. The maximum absolute atomic E-state index is 12.9. The molecule has 1 fully saturated rings. The van der Waals surface area contributed by atoms with Crippen LogP contribution in [0.2, 0.25) is 0 Å². The van der Waals surface area contributed by atoms with Crippen LogP contribution in [0.3, 0.4) is 0 Å². The first-order chi connectivity index (χ1) is 9.48. The fourth-order valence-electron chi connectivity index (χ4n) is 2.88. The van der Waals surface area contributed by atoms with E-state index in [2.05, 4.69) is 5.32 Å². The number of methoxy groups -OCH3 is 1. The molecular weight excluding hydrogens is 278 g/mol. The Bertz CT molecular complexity index is 373. The van der Waals surface area contributed by atoms with E-state index in [4.69, 9.17) is 4.74 Å². The minimum atomic E-state index is -3.42. The highest BCUT2D eigenvalue weighted by Crippen LogP contribution is 2.23. The highest BCUT2D eigenvalue weighted by molar-refractivity contribution is 7.86. The van der Waals surface area contributed by atoms with Gasteiger partial charge < -0.3 is 10.1 Å². The molecule has 7 heteroatoms. The van der Waals surface area contributed by atoms with E-state index in [0.29, 0.717) is 26.2 Å². The minimum Gasteiger partial charge on any atom is -0.383 e. The fraction of sp³-hybridized carbons (Fsp3) is 1.00. The topological polar surface area (TPSA) is 61.9 Å². The van der Waals surface area contributed by atoms with E-state index in [1.807, 2.05) is 20.9 Å². The highest BCUT2D eigenvalue weighted by Gasteiger charge is 2.37. The fourth-order valence-corrected chi connectivity index (χ4v) is 4.91. The molecule has 0 amide bonds. The van der Waals surface area contributed by atoms with Gasteiger partial charge in [0.25, 0.3) is 10.2 Å². The van der Waals surface area contributed by atoms with Gasteiger partial charge in [0.2, 0.25) is 0 Å². The van der Waals surface area contributed by atoms with Crippen LogP contribution in [-0.4, -0.2) is 69.5 Å². The van der Waals surface area contributed by atoms with Crippen LogP contribution in [0.1, 0.15) is 33.1 Å². The molecule has 0 aliphatic carbocycles. The monoisotopic (exact) mass is 307 g/mol. The van der Waals surface area contributed by atoms with Crippen molar-refractivity contribution in [3.8, 4) is 0 Å². The average Bonchev–Trinajstić information content (AvgIpc) is 2.40. The summed E-state index contributed by atoms with van der Waals surface area (Å²) in [5.41, 5.74) is 0. The van der Waals surface area contributed by atoms with Gasteiger partial charge in [-0.1, -0.05) is 13.3 Å². The van der Waals surface area contributed by atoms with Crippen LogP contribution in [0.15, 0.2) is 0 Å². The van der Waals surface area contributed by atoms with E-state index in [1.165, 1.54) is 0 Å². The average molecular weight is 307 g/mol. The zero-order chi connectivity index (χ0) is 15.2. The molecule has 120 valence electrons. The van der Waals surface area contributed by atoms with Crippen molar-refractivity contribution in [3.63, 3.8) is 0 Å². The first-order valence-electron chi connectivity index (χ1n) is 7.41. The number of hydrogen-bond donors (Lipinski definition) is 1. The summed E-state index contributed by atoms with van der Waals surface area (Å²) in [5.74, 6) is 0. The molecule has 1 saturated heterocycles. The van der Waals surface area contributed by atoms with Crippen LogP contribution in [-0.2, 0) is 14.9 Å². The van der Waals surface area contributed by atoms with E-state index in [1.54, 1.807) is 15.7 Å². The zero-order valence-electron chi connectivity index (χ0n) is 13.1. The Balaban J connectivity index is 2.92. The predicted molar refractivity (Wildman–Crippen MR) is 80.9 cm³/mol. The Morgan fingerprint density at radius 1 is 1.45 bits per heavy atom. The Kier molecular flexibility index (Phi) is 7.39. The summed E-state index contributed by atoms with van der Waals surface area (Å²) < 4.78 is 34.1. The van der Waals surface area contributed by atoms with Crippen molar-refractivity contribution in [2.24, 2.45) is 0 Å². The van der Waals surface area contributed by atoms with Crippen molar-refractivity contribution in [2.75, 3.05) is 40.4 Å². The Morgan fingerprint density at radius 3 is 2.70 bits per heavy atom. The van der Waals surface area contributed by atoms with E-state index < -0.39 is 10.2 Å². The SMILES string of the molecule is CCN(C(C)COC)S(=O)(=O)N1CCCCC1CNC. The smallest absolute Gasteiger partial charge is 0.282 e.